The number of amides is 3. The minimum atomic E-state index is -2.96. The molecular weight excluding hydrogens is 473 g/mol. The predicted molar refractivity (Wildman–Crippen MR) is 115 cm³/mol. The molecule has 0 aliphatic carbocycles. The van der Waals surface area contributed by atoms with Crippen molar-refractivity contribution in [2.75, 3.05) is 13.1 Å². The lowest BCUT2D eigenvalue weighted by Crippen LogP contribution is -2.37. The molecule has 2 aromatic rings. The Morgan fingerprint density at radius 2 is 1.87 bits per heavy atom. The second-order valence-electron chi connectivity index (χ2n) is 6.16. The molecule has 1 saturated heterocycles. The summed E-state index contributed by atoms with van der Waals surface area (Å²) in [6, 6.07) is 9.91. The average molecular weight is 487 g/mol. The summed E-state index contributed by atoms with van der Waals surface area (Å²) < 4.78 is 28.5. The van der Waals surface area contributed by atoms with E-state index in [-0.39, 0.29) is 29.3 Å². The summed E-state index contributed by atoms with van der Waals surface area (Å²) in [6.45, 7) is -2.97. The maximum absolute atomic E-state index is 12.5. The number of nitrogens with one attached hydrogen (secondary N) is 1. The first kappa shape index (κ1) is 23.1. The molecule has 162 valence electrons. The Labute approximate surface area is 190 Å². The van der Waals surface area contributed by atoms with E-state index in [0.29, 0.717) is 15.6 Å². The van der Waals surface area contributed by atoms with Gasteiger partial charge in [-0.25, -0.2) is 0 Å². The number of carbonyl (C=O) groups is 3. The van der Waals surface area contributed by atoms with Gasteiger partial charge in [-0.2, -0.15) is 8.78 Å². The normalized spacial score (nSPS) is 15.1. The van der Waals surface area contributed by atoms with E-state index in [0.717, 1.165) is 16.7 Å². The molecule has 1 aliphatic rings. The zero-order chi connectivity index (χ0) is 22.5. The summed E-state index contributed by atoms with van der Waals surface area (Å²) >= 11 is 12.7. The molecule has 3 amide bonds. The molecule has 3 rings (SSSR count). The van der Waals surface area contributed by atoms with Crippen LogP contribution in [0.4, 0.5) is 13.6 Å². The Morgan fingerprint density at radius 3 is 2.52 bits per heavy atom. The lowest BCUT2D eigenvalue weighted by Gasteiger charge is -2.13. The summed E-state index contributed by atoms with van der Waals surface area (Å²) in [5, 5.41) is 2.89. The predicted octanol–water partition coefficient (Wildman–Crippen LogP) is 5.06. The second kappa shape index (κ2) is 10.1. The van der Waals surface area contributed by atoms with Crippen molar-refractivity contribution in [2.24, 2.45) is 0 Å². The third kappa shape index (κ3) is 5.96. The zero-order valence-electron chi connectivity index (χ0n) is 15.6. The molecule has 0 radical (unpaired) electrons. The van der Waals surface area contributed by atoms with Gasteiger partial charge >= 0.3 is 6.61 Å². The van der Waals surface area contributed by atoms with E-state index in [1.165, 1.54) is 36.4 Å². The van der Waals surface area contributed by atoms with Crippen molar-refractivity contribution < 1.29 is 27.9 Å². The molecule has 0 saturated carbocycles. The molecule has 0 atom stereocenters. The maximum Gasteiger partial charge on any atom is 0.387 e. The Hall–Kier alpha value is -2.62. The van der Waals surface area contributed by atoms with Crippen LogP contribution in [0, 0.1) is 0 Å². The van der Waals surface area contributed by atoms with Crippen molar-refractivity contribution in [3.05, 3.63) is 68.5 Å². The molecular formula is C20H14Cl2F2N2O4S. The van der Waals surface area contributed by atoms with Crippen molar-refractivity contribution in [3.63, 3.8) is 0 Å². The highest BCUT2D eigenvalue weighted by Gasteiger charge is 2.34. The van der Waals surface area contributed by atoms with Crippen LogP contribution in [0.5, 0.6) is 5.75 Å². The van der Waals surface area contributed by atoms with Gasteiger partial charge in [0, 0.05) is 28.7 Å². The van der Waals surface area contributed by atoms with Crippen LogP contribution in [-0.4, -0.2) is 41.7 Å². The summed E-state index contributed by atoms with van der Waals surface area (Å²) in [5.41, 5.74) is 0.761. The average Bonchev–Trinajstić information content (AvgIpc) is 2.97. The van der Waals surface area contributed by atoms with E-state index in [1.807, 2.05) is 0 Å². The number of nitrogens with zero attached hydrogens (tertiary/aromatic N) is 1. The van der Waals surface area contributed by atoms with Crippen molar-refractivity contribution in [3.8, 4) is 5.75 Å². The highest BCUT2D eigenvalue weighted by Crippen LogP contribution is 2.33. The van der Waals surface area contributed by atoms with Crippen LogP contribution in [0.3, 0.4) is 0 Å². The topological polar surface area (TPSA) is 75.7 Å². The molecule has 2 aromatic carbocycles. The van der Waals surface area contributed by atoms with Crippen LogP contribution < -0.4 is 10.1 Å². The smallest absolute Gasteiger partial charge is 0.387 e. The van der Waals surface area contributed by atoms with Crippen molar-refractivity contribution in [2.45, 2.75) is 6.61 Å². The number of hydrogen-bond donors (Lipinski definition) is 1. The fourth-order valence-corrected chi connectivity index (χ4v) is 3.94. The van der Waals surface area contributed by atoms with E-state index in [1.54, 1.807) is 12.1 Å². The number of rotatable bonds is 7. The van der Waals surface area contributed by atoms with E-state index in [9.17, 15) is 23.2 Å². The van der Waals surface area contributed by atoms with E-state index in [2.05, 4.69) is 10.1 Å². The molecule has 6 nitrogen and oxygen atoms in total. The molecule has 1 N–H and O–H groups in total. The molecule has 0 spiro atoms. The first-order chi connectivity index (χ1) is 14.7. The van der Waals surface area contributed by atoms with Gasteiger partial charge in [-0.15, -0.1) is 0 Å². The van der Waals surface area contributed by atoms with Gasteiger partial charge in [0.15, 0.2) is 0 Å². The van der Waals surface area contributed by atoms with Crippen LogP contribution in [0.2, 0.25) is 10.0 Å². The van der Waals surface area contributed by atoms with Gasteiger partial charge in [-0.3, -0.25) is 19.3 Å². The lowest BCUT2D eigenvalue weighted by molar-refractivity contribution is -0.122. The zero-order valence-corrected chi connectivity index (χ0v) is 17.9. The number of alkyl halides is 2. The Morgan fingerprint density at radius 1 is 1.16 bits per heavy atom. The number of benzene rings is 2. The SMILES string of the molecule is O=C(NCCN1C(=O)S/C(=C\c2ccc(Cl)cc2Cl)C1=O)c1ccc(OC(F)F)cc1. The van der Waals surface area contributed by atoms with Crippen LogP contribution in [-0.2, 0) is 4.79 Å². The van der Waals surface area contributed by atoms with Crippen molar-refractivity contribution in [1.29, 1.82) is 0 Å². The Balaban J connectivity index is 1.57. The Kier molecular flexibility index (Phi) is 7.53. The third-order valence-corrected chi connectivity index (χ3v) is 5.56. The molecule has 1 fully saturated rings. The standard InChI is InChI=1S/C20H14Cl2F2N2O4S/c21-13-4-1-12(15(22)10-13)9-16-18(28)26(20(29)31-16)8-7-25-17(27)11-2-5-14(6-3-11)30-19(23)24/h1-6,9-10,19H,7-8H2,(H,25,27)/b16-9-. The second-order valence-corrected chi connectivity index (χ2v) is 7.99. The number of thioether (sulfide) groups is 1. The van der Waals surface area contributed by atoms with Gasteiger partial charge in [0.1, 0.15) is 5.75 Å². The van der Waals surface area contributed by atoms with Gasteiger partial charge in [-0.1, -0.05) is 29.3 Å². The monoisotopic (exact) mass is 486 g/mol. The van der Waals surface area contributed by atoms with Gasteiger partial charge < -0.3 is 10.1 Å². The highest BCUT2D eigenvalue weighted by molar-refractivity contribution is 8.18. The fourth-order valence-electron chi connectivity index (χ4n) is 2.62. The van der Waals surface area contributed by atoms with Gasteiger partial charge in [0.2, 0.25) is 0 Å². The molecule has 1 aliphatic heterocycles. The quantitative estimate of drug-likeness (QED) is 0.553. The summed E-state index contributed by atoms with van der Waals surface area (Å²) in [6.07, 6.45) is 1.51. The Bertz CT molecular complexity index is 1050. The third-order valence-electron chi connectivity index (χ3n) is 4.09. The largest absolute Gasteiger partial charge is 0.435 e. The number of ether oxygens (including phenoxy) is 1. The molecule has 1 heterocycles. The van der Waals surface area contributed by atoms with Crippen molar-refractivity contribution in [1.82, 2.24) is 10.2 Å². The number of imide groups is 1. The molecule has 11 heteroatoms. The van der Waals surface area contributed by atoms with Crippen LogP contribution in [0.15, 0.2) is 47.4 Å². The molecule has 0 bridgehead atoms. The van der Waals surface area contributed by atoms with Gasteiger partial charge in [0.05, 0.1) is 4.91 Å². The summed E-state index contributed by atoms with van der Waals surface area (Å²) in [5.74, 6) is -1.06. The number of halogens is 4. The minimum absolute atomic E-state index is 0.0150. The van der Waals surface area contributed by atoms with E-state index >= 15 is 0 Å². The molecule has 0 unspecified atom stereocenters. The fraction of sp³-hybridized carbons (Fsp3) is 0.150. The van der Waals surface area contributed by atoms with Crippen LogP contribution >= 0.6 is 35.0 Å². The first-order valence-electron chi connectivity index (χ1n) is 8.78. The summed E-state index contributed by atoms with van der Waals surface area (Å²) in [7, 11) is 0. The van der Waals surface area contributed by atoms with Gasteiger partial charge in [-0.05, 0) is 59.8 Å². The van der Waals surface area contributed by atoms with E-state index < -0.39 is 23.7 Å². The minimum Gasteiger partial charge on any atom is -0.435 e. The van der Waals surface area contributed by atoms with Crippen LogP contribution in [0.1, 0.15) is 15.9 Å². The molecule has 0 aromatic heterocycles. The number of carbonyl (C=O) groups excluding carboxylic acids is 3. The van der Waals surface area contributed by atoms with Gasteiger partial charge in [0.25, 0.3) is 17.1 Å². The highest BCUT2D eigenvalue weighted by atomic mass is 35.5. The van der Waals surface area contributed by atoms with E-state index in [4.69, 9.17) is 23.2 Å². The first-order valence-corrected chi connectivity index (χ1v) is 10.4. The van der Waals surface area contributed by atoms with Crippen LogP contribution in [0.25, 0.3) is 6.08 Å². The summed E-state index contributed by atoms with van der Waals surface area (Å²) in [4.78, 5) is 38.1. The maximum atomic E-state index is 12.5. The number of hydrogen-bond acceptors (Lipinski definition) is 5. The molecule has 31 heavy (non-hydrogen) atoms. The lowest BCUT2D eigenvalue weighted by atomic mass is 10.2. The van der Waals surface area contributed by atoms with Crippen molar-refractivity contribution >= 4 is 58.1 Å².